The summed E-state index contributed by atoms with van der Waals surface area (Å²) in [4.78, 5) is 6.74. The van der Waals surface area contributed by atoms with Crippen LogP contribution in [0.2, 0.25) is 0 Å². The Hall–Kier alpha value is -0.550. The number of aryl methyl sites for hydroxylation is 1. The summed E-state index contributed by atoms with van der Waals surface area (Å²) in [5.74, 6) is 1.55. The number of nitrogens with zero attached hydrogens (tertiary/aromatic N) is 3. The second kappa shape index (κ2) is 5.87. The highest BCUT2D eigenvalue weighted by Crippen LogP contribution is 2.31. The predicted molar refractivity (Wildman–Crippen MR) is 70.1 cm³/mol. The minimum Gasteiger partial charge on any atom is -0.339 e. The van der Waals surface area contributed by atoms with Crippen molar-refractivity contribution in [1.29, 1.82) is 0 Å². The maximum atomic E-state index is 5.14. The fourth-order valence-corrected chi connectivity index (χ4v) is 3.58. The second-order valence-electron chi connectivity index (χ2n) is 4.65. The van der Waals surface area contributed by atoms with E-state index in [9.17, 15) is 0 Å². The lowest BCUT2D eigenvalue weighted by molar-refractivity contribution is 0.232. The molecule has 0 N–H and O–H groups in total. The lowest BCUT2D eigenvalue weighted by Gasteiger charge is -2.27. The van der Waals surface area contributed by atoms with Gasteiger partial charge in [0, 0.05) is 17.7 Å². The molecular formula is C12H21N3OS. The van der Waals surface area contributed by atoms with E-state index in [0.29, 0.717) is 6.04 Å². The van der Waals surface area contributed by atoms with E-state index in [1.807, 2.05) is 18.7 Å². The third kappa shape index (κ3) is 3.01. The van der Waals surface area contributed by atoms with E-state index < -0.39 is 0 Å². The molecule has 17 heavy (non-hydrogen) atoms. The molecule has 0 amide bonds. The van der Waals surface area contributed by atoms with E-state index >= 15 is 0 Å². The number of hydrogen-bond acceptors (Lipinski definition) is 5. The smallest absolute Gasteiger partial charge is 0.226 e. The van der Waals surface area contributed by atoms with Crippen molar-refractivity contribution in [2.24, 2.45) is 0 Å². The van der Waals surface area contributed by atoms with Gasteiger partial charge < -0.3 is 4.52 Å². The summed E-state index contributed by atoms with van der Waals surface area (Å²) in [5, 5.41) is 4.78. The van der Waals surface area contributed by atoms with Gasteiger partial charge >= 0.3 is 0 Å². The molecule has 0 aliphatic heterocycles. The zero-order valence-electron chi connectivity index (χ0n) is 10.8. The molecule has 1 aromatic heterocycles. The summed E-state index contributed by atoms with van der Waals surface area (Å²) in [5.41, 5.74) is 0. The molecule has 1 aromatic rings. The normalized spacial score (nSPS) is 24.7. The molecule has 2 unspecified atom stereocenters. The van der Waals surface area contributed by atoms with Gasteiger partial charge in [-0.05, 0) is 26.1 Å². The highest BCUT2D eigenvalue weighted by atomic mass is 32.2. The Balaban J connectivity index is 1.93. The van der Waals surface area contributed by atoms with Gasteiger partial charge in [0.15, 0.2) is 5.82 Å². The molecule has 5 heteroatoms. The van der Waals surface area contributed by atoms with Gasteiger partial charge in [-0.3, -0.25) is 4.90 Å². The van der Waals surface area contributed by atoms with Crippen molar-refractivity contribution in [3.8, 4) is 0 Å². The SMILES string of the molecule is CCc1nc(CN(C)C2CCCC2SC)no1. The Bertz CT molecular complexity index is 355. The molecule has 96 valence electrons. The van der Waals surface area contributed by atoms with Crippen LogP contribution in [0.25, 0.3) is 0 Å². The maximum Gasteiger partial charge on any atom is 0.226 e. The van der Waals surface area contributed by atoms with Crippen LogP contribution in [-0.4, -0.2) is 39.6 Å². The topological polar surface area (TPSA) is 42.2 Å². The van der Waals surface area contributed by atoms with Crippen molar-refractivity contribution in [2.45, 2.75) is 50.4 Å². The monoisotopic (exact) mass is 255 g/mol. The van der Waals surface area contributed by atoms with Gasteiger partial charge in [0.2, 0.25) is 5.89 Å². The zero-order chi connectivity index (χ0) is 12.3. The van der Waals surface area contributed by atoms with Crippen LogP contribution in [0.3, 0.4) is 0 Å². The van der Waals surface area contributed by atoms with Gasteiger partial charge in [-0.25, -0.2) is 0 Å². The molecule has 1 heterocycles. The molecule has 1 fully saturated rings. The van der Waals surface area contributed by atoms with E-state index in [4.69, 9.17) is 4.52 Å². The third-order valence-corrected chi connectivity index (χ3v) is 4.65. The molecule has 1 aliphatic carbocycles. The first-order chi connectivity index (χ1) is 8.24. The average Bonchev–Trinajstić information content (AvgIpc) is 2.96. The predicted octanol–water partition coefficient (Wildman–Crippen LogP) is 2.35. The Morgan fingerprint density at radius 2 is 2.29 bits per heavy atom. The number of thioether (sulfide) groups is 1. The third-order valence-electron chi connectivity index (χ3n) is 3.49. The summed E-state index contributed by atoms with van der Waals surface area (Å²) in [6.07, 6.45) is 6.99. The molecule has 0 spiro atoms. The van der Waals surface area contributed by atoms with Crippen LogP contribution in [0.5, 0.6) is 0 Å². The molecule has 0 saturated heterocycles. The molecule has 0 aromatic carbocycles. The Labute approximate surface area is 107 Å². The van der Waals surface area contributed by atoms with Gasteiger partial charge in [0.05, 0.1) is 6.54 Å². The van der Waals surface area contributed by atoms with Crippen molar-refractivity contribution in [1.82, 2.24) is 15.0 Å². The Morgan fingerprint density at radius 3 is 2.94 bits per heavy atom. The van der Waals surface area contributed by atoms with Crippen molar-refractivity contribution in [2.75, 3.05) is 13.3 Å². The lowest BCUT2D eigenvalue weighted by Crippen LogP contribution is -2.35. The van der Waals surface area contributed by atoms with Gasteiger partial charge in [0.1, 0.15) is 0 Å². The minimum absolute atomic E-state index is 0.661. The number of aromatic nitrogens is 2. The fourth-order valence-electron chi connectivity index (χ4n) is 2.52. The standard InChI is InChI=1S/C12H21N3OS/c1-4-12-13-11(14-16-12)8-15(2)9-6-5-7-10(9)17-3/h9-10H,4-8H2,1-3H3. The van der Waals surface area contributed by atoms with Crippen LogP contribution in [0.15, 0.2) is 4.52 Å². The fraction of sp³-hybridized carbons (Fsp3) is 0.833. The van der Waals surface area contributed by atoms with Crippen LogP contribution in [0.1, 0.15) is 37.9 Å². The van der Waals surface area contributed by atoms with Gasteiger partial charge in [-0.2, -0.15) is 16.7 Å². The first-order valence-electron chi connectivity index (χ1n) is 6.29. The van der Waals surface area contributed by atoms with Crippen LogP contribution in [0, 0.1) is 0 Å². The summed E-state index contributed by atoms with van der Waals surface area (Å²) >= 11 is 1.98. The summed E-state index contributed by atoms with van der Waals surface area (Å²) in [7, 11) is 2.17. The van der Waals surface area contributed by atoms with Gasteiger partial charge in [-0.1, -0.05) is 18.5 Å². The van der Waals surface area contributed by atoms with Gasteiger partial charge in [-0.15, -0.1) is 0 Å². The molecule has 0 radical (unpaired) electrons. The Morgan fingerprint density at radius 1 is 1.47 bits per heavy atom. The summed E-state index contributed by atoms with van der Waals surface area (Å²) in [6, 6.07) is 0.661. The molecule has 2 atom stereocenters. The maximum absolute atomic E-state index is 5.14. The Kier molecular flexibility index (Phi) is 4.45. The van der Waals surface area contributed by atoms with Crippen LogP contribution >= 0.6 is 11.8 Å². The molecule has 1 aliphatic rings. The molecular weight excluding hydrogens is 234 g/mol. The van der Waals surface area contributed by atoms with Crippen molar-refractivity contribution >= 4 is 11.8 Å². The first-order valence-corrected chi connectivity index (χ1v) is 7.58. The summed E-state index contributed by atoms with van der Waals surface area (Å²) < 4.78 is 5.14. The van der Waals surface area contributed by atoms with Crippen LogP contribution in [0.4, 0.5) is 0 Å². The number of hydrogen-bond donors (Lipinski definition) is 0. The van der Waals surface area contributed by atoms with Crippen molar-refractivity contribution in [3.05, 3.63) is 11.7 Å². The summed E-state index contributed by atoms with van der Waals surface area (Å²) in [6.45, 7) is 2.83. The molecule has 1 saturated carbocycles. The second-order valence-corrected chi connectivity index (χ2v) is 5.72. The number of rotatable bonds is 5. The molecule has 0 bridgehead atoms. The zero-order valence-corrected chi connectivity index (χ0v) is 11.7. The molecule has 4 nitrogen and oxygen atoms in total. The first kappa shape index (κ1) is 12.9. The van der Waals surface area contributed by atoms with Crippen LogP contribution < -0.4 is 0 Å². The average molecular weight is 255 g/mol. The lowest BCUT2D eigenvalue weighted by atomic mass is 10.2. The van der Waals surface area contributed by atoms with E-state index in [1.165, 1.54) is 19.3 Å². The molecule has 2 rings (SSSR count). The van der Waals surface area contributed by atoms with Gasteiger partial charge in [0.25, 0.3) is 0 Å². The van der Waals surface area contributed by atoms with E-state index in [2.05, 4.69) is 28.3 Å². The highest BCUT2D eigenvalue weighted by Gasteiger charge is 2.30. The van der Waals surface area contributed by atoms with E-state index in [-0.39, 0.29) is 0 Å². The largest absolute Gasteiger partial charge is 0.339 e. The van der Waals surface area contributed by atoms with Crippen molar-refractivity contribution < 1.29 is 4.52 Å². The van der Waals surface area contributed by atoms with Crippen LogP contribution in [-0.2, 0) is 13.0 Å². The highest BCUT2D eigenvalue weighted by molar-refractivity contribution is 7.99. The van der Waals surface area contributed by atoms with Crippen molar-refractivity contribution in [3.63, 3.8) is 0 Å². The van der Waals surface area contributed by atoms with E-state index in [1.54, 1.807) is 0 Å². The van der Waals surface area contributed by atoms with E-state index in [0.717, 1.165) is 29.9 Å². The minimum atomic E-state index is 0.661. The quantitative estimate of drug-likeness (QED) is 0.808.